The first kappa shape index (κ1) is 11.4. The fraction of sp³-hybridized carbons (Fsp3) is 0.125. The maximum absolute atomic E-state index is 5.94. The molecule has 1 heterocycles. The van der Waals surface area contributed by atoms with Gasteiger partial charge in [-0.3, -0.25) is 0 Å². The third-order valence-corrected chi connectivity index (χ3v) is 3.54. The van der Waals surface area contributed by atoms with Gasteiger partial charge < -0.3 is 4.57 Å². The van der Waals surface area contributed by atoms with E-state index in [0.29, 0.717) is 0 Å². The molecule has 0 amide bonds. The van der Waals surface area contributed by atoms with Crippen LogP contribution in [-0.2, 0) is 6.54 Å². The monoisotopic (exact) mass is 255 g/mol. The summed E-state index contributed by atoms with van der Waals surface area (Å²) in [4.78, 5) is 0. The minimum absolute atomic E-state index is 0.776. The van der Waals surface area contributed by atoms with E-state index in [1.807, 2.05) is 12.1 Å². The van der Waals surface area contributed by atoms with Crippen LogP contribution in [0.4, 0.5) is 0 Å². The first-order valence-electron chi connectivity index (χ1n) is 6.13. The van der Waals surface area contributed by atoms with Crippen molar-refractivity contribution in [3.63, 3.8) is 0 Å². The fourth-order valence-electron chi connectivity index (χ4n) is 2.37. The number of hydrogen-bond donors (Lipinski definition) is 0. The molecule has 90 valence electrons. The molecule has 2 aromatic carbocycles. The van der Waals surface area contributed by atoms with E-state index >= 15 is 0 Å². The summed E-state index contributed by atoms with van der Waals surface area (Å²) in [6, 6.07) is 16.5. The van der Waals surface area contributed by atoms with Crippen LogP contribution in [0.25, 0.3) is 22.0 Å². The molecule has 0 atom stereocenters. The molecule has 0 aliphatic heterocycles. The van der Waals surface area contributed by atoms with Crippen molar-refractivity contribution in [2.75, 3.05) is 0 Å². The Labute approximate surface area is 112 Å². The maximum Gasteiger partial charge on any atom is 0.0486 e. The number of aryl methyl sites for hydroxylation is 1. The number of para-hydroxylation sites is 1. The van der Waals surface area contributed by atoms with E-state index in [4.69, 9.17) is 11.6 Å². The zero-order valence-corrected chi connectivity index (χ0v) is 11.0. The second kappa shape index (κ2) is 4.51. The molecule has 0 saturated heterocycles. The Morgan fingerprint density at radius 1 is 1.00 bits per heavy atom. The normalized spacial score (nSPS) is 11.0. The van der Waals surface area contributed by atoms with Gasteiger partial charge >= 0.3 is 0 Å². The maximum atomic E-state index is 5.94. The largest absolute Gasteiger partial charge is 0.347 e. The highest BCUT2D eigenvalue weighted by molar-refractivity contribution is 6.30. The van der Waals surface area contributed by atoms with E-state index in [9.17, 15) is 0 Å². The van der Waals surface area contributed by atoms with E-state index < -0.39 is 0 Å². The summed E-state index contributed by atoms with van der Waals surface area (Å²) >= 11 is 5.94. The van der Waals surface area contributed by atoms with Gasteiger partial charge in [-0.2, -0.15) is 0 Å². The summed E-state index contributed by atoms with van der Waals surface area (Å²) in [7, 11) is 0. The SMILES string of the molecule is CCn1cc(-c2ccc(Cl)cc2)c2ccccc21. The molecule has 0 aliphatic carbocycles. The Balaban J connectivity index is 2.26. The minimum atomic E-state index is 0.776. The second-order valence-corrected chi connectivity index (χ2v) is 4.79. The minimum Gasteiger partial charge on any atom is -0.347 e. The molecule has 0 aliphatic rings. The van der Waals surface area contributed by atoms with Gasteiger partial charge in [-0.05, 0) is 30.7 Å². The Kier molecular flexibility index (Phi) is 2.85. The Morgan fingerprint density at radius 2 is 1.72 bits per heavy atom. The lowest BCUT2D eigenvalue weighted by atomic mass is 10.1. The summed E-state index contributed by atoms with van der Waals surface area (Å²) in [6.07, 6.45) is 2.22. The van der Waals surface area contributed by atoms with E-state index in [1.54, 1.807) is 0 Å². The lowest BCUT2D eigenvalue weighted by Crippen LogP contribution is -1.89. The molecule has 0 radical (unpaired) electrons. The number of fused-ring (bicyclic) bond motifs is 1. The molecule has 0 bridgehead atoms. The first-order valence-corrected chi connectivity index (χ1v) is 6.51. The highest BCUT2D eigenvalue weighted by Crippen LogP contribution is 2.31. The van der Waals surface area contributed by atoms with Gasteiger partial charge in [-0.25, -0.2) is 0 Å². The summed E-state index contributed by atoms with van der Waals surface area (Å²) in [6.45, 7) is 3.15. The van der Waals surface area contributed by atoms with Crippen molar-refractivity contribution in [3.05, 3.63) is 59.8 Å². The van der Waals surface area contributed by atoms with Crippen molar-refractivity contribution < 1.29 is 0 Å². The molecule has 0 spiro atoms. The molecule has 3 rings (SSSR count). The van der Waals surface area contributed by atoms with Gasteiger partial charge in [-0.15, -0.1) is 0 Å². The third-order valence-electron chi connectivity index (χ3n) is 3.28. The summed E-state index contributed by atoms with van der Waals surface area (Å²) in [5, 5.41) is 2.07. The lowest BCUT2D eigenvalue weighted by Gasteiger charge is -1.99. The summed E-state index contributed by atoms with van der Waals surface area (Å²) in [5.41, 5.74) is 3.76. The van der Waals surface area contributed by atoms with Crippen molar-refractivity contribution in [1.29, 1.82) is 0 Å². The van der Waals surface area contributed by atoms with Crippen molar-refractivity contribution in [3.8, 4) is 11.1 Å². The predicted molar refractivity (Wildman–Crippen MR) is 78.1 cm³/mol. The number of aromatic nitrogens is 1. The second-order valence-electron chi connectivity index (χ2n) is 4.35. The van der Waals surface area contributed by atoms with Crippen LogP contribution in [0.3, 0.4) is 0 Å². The summed E-state index contributed by atoms with van der Waals surface area (Å²) < 4.78 is 2.28. The Hall–Kier alpha value is -1.73. The molecule has 18 heavy (non-hydrogen) atoms. The standard InChI is InChI=1S/C16H14ClN/c1-2-18-11-15(12-7-9-13(17)10-8-12)14-5-3-4-6-16(14)18/h3-11H,2H2,1H3. The number of nitrogens with zero attached hydrogens (tertiary/aromatic N) is 1. The Morgan fingerprint density at radius 3 is 2.44 bits per heavy atom. The third kappa shape index (κ3) is 1.81. The predicted octanol–water partition coefficient (Wildman–Crippen LogP) is 4.98. The van der Waals surface area contributed by atoms with Crippen LogP contribution in [0.15, 0.2) is 54.7 Å². The number of benzene rings is 2. The smallest absolute Gasteiger partial charge is 0.0486 e. The van der Waals surface area contributed by atoms with Crippen LogP contribution in [-0.4, -0.2) is 4.57 Å². The fourth-order valence-corrected chi connectivity index (χ4v) is 2.49. The first-order chi connectivity index (χ1) is 8.79. The lowest BCUT2D eigenvalue weighted by molar-refractivity contribution is 0.798. The molecular formula is C16H14ClN. The van der Waals surface area contributed by atoms with Crippen LogP contribution in [0.5, 0.6) is 0 Å². The topological polar surface area (TPSA) is 4.93 Å². The van der Waals surface area contributed by atoms with Gasteiger partial charge in [0.05, 0.1) is 0 Å². The zero-order valence-electron chi connectivity index (χ0n) is 10.2. The van der Waals surface area contributed by atoms with E-state index in [-0.39, 0.29) is 0 Å². The van der Waals surface area contributed by atoms with Crippen molar-refractivity contribution in [1.82, 2.24) is 4.57 Å². The average Bonchev–Trinajstić information content (AvgIpc) is 2.79. The molecule has 2 heteroatoms. The molecule has 0 saturated carbocycles. The van der Waals surface area contributed by atoms with E-state index in [0.717, 1.165) is 11.6 Å². The van der Waals surface area contributed by atoms with Crippen LogP contribution < -0.4 is 0 Å². The molecule has 0 fully saturated rings. The molecule has 1 nitrogen and oxygen atoms in total. The number of hydrogen-bond acceptors (Lipinski definition) is 0. The Bertz CT molecular complexity index is 680. The molecule has 0 N–H and O–H groups in total. The van der Waals surface area contributed by atoms with Gasteiger partial charge in [0, 0.05) is 34.2 Å². The van der Waals surface area contributed by atoms with Crippen LogP contribution in [0, 0.1) is 0 Å². The van der Waals surface area contributed by atoms with Gasteiger partial charge in [0.15, 0.2) is 0 Å². The highest BCUT2D eigenvalue weighted by Gasteiger charge is 2.08. The van der Waals surface area contributed by atoms with Crippen LogP contribution in [0.2, 0.25) is 5.02 Å². The van der Waals surface area contributed by atoms with Crippen molar-refractivity contribution in [2.24, 2.45) is 0 Å². The zero-order chi connectivity index (χ0) is 12.5. The number of halogens is 1. The quantitative estimate of drug-likeness (QED) is 0.609. The van der Waals surface area contributed by atoms with Gasteiger partial charge in [-0.1, -0.05) is 41.9 Å². The van der Waals surface area contributed by atoms with E-state index in [2.05, 4.69) is 54.1 Å². The average molecular weight is 256 g/mol. The highest BCUT2D eigenvalue weighted by atomic mass is 35.5. The molecular weight excluding hydrogens is 242 g/mol. The van der Waals surface area contributed by atoms with Gasteiger partial charge in [0.1, 0.15) is 0 Å². The molecule has 3 aromatic rings. The van der Waals surface area contributed by atoms with Crippen molar-refractivity contribution >= 4 is 22.5 Å². The van der Waals surface area contributed by atoms with Gasteiger partial charge in [0.2, 0.25) is 0 Å². The van der Waals surface area contributed by atoms with E-state index in [1.165, 1.54) is 22.0 Å². The van der Waals surface area contributed by atoms with Gasteiger partial charge in [0.25, 0.3) is 0 Å². The molecule has 1 aromatic heterocycles. The number of rotatable bonds is 2. The summed E-state index contributed by atoms with van der Waals surface area (Å²) in [5.74, 6) is 0. The molecule has 0 unspecified atom stereocenters. The van der Waals surface area contributed by atoms with Crippen LogP contribution in [0.1, 0.15) is 6.92 Å². The van der Waals surface area contributed by atoms with Crippen molar-refractivity contribution in [2.45, 2.75) is 13.5 Å². The van der Waals surface area contributed by atoms with Crippen LogP contribution >= 0.6 is 11.6 Å².